The summed E-state index contributed by atoms with van der Waals surface area (Å²) in [5.74, 6) is 0.578. The normalized spacial score (nSPS) is 14.4. The van der Waals surface area contributed by atoms with Crippen LogP contribution in [0.5, 0.6) is 5.75 Å². The van der Waals surface area contributed by atoms with Crippen molar-refractivity contribution in [1.29, 1.82) is 0 Å². The van der Waals surface area contributed by atoms with Crippen molar-refractivity contribution >= 4 is 18.3 Å². The van der Waals surface area contributed by atoms with E-state index in [4.69, 9.17) is 4.74 Å². The molecule has 2 N–H and O–H groups in total. The van der Waals surface area contributed by atoms with Gasteiger partial charge in [0.1, 0.15) is 12.4 Å². The third kappa shape index (κ3) is 5.21. The number of aryl methyl sites for hydroxylation is 1. The van der Waals surface area contributed by atoms with Crippen LogP contribution in [0, 0.1) is 6.92 Å². The fourth-order valence-electron chi connectivity index (χ4n) is 2.94. The maximum absolute atomic E-state index is 12.6. The topological polar surface area (TPSA) is 50.4 Å². The molecule has 0 bridgehead atoms. The fraction of sp³-hybridized carbons (Fsp3) is 0.350. The molecule has 0 atom stereocenters. The molecule has 134 valence electrons. The molecule has 25 heavy (non-hydrogen) atoms. The Labute approximate surface area is 155 Å². The standard InChI is InChI=1S/C20H24N2O2.ClH/c1-15-6-2-3-7-16(15)14-24-19-9-5-4-8-18(19)20(23)22-17-10-12-21-13-11-17;/h2-9,17,21H,10-14H2,1H3,(H,22,23);1H. The van der Waals surface area contributed by atoms with Crippen molar-refractivity contribution < 1.29 is 9.53 Å². The van der Waals surface area contributed by atoms with Gasteiger partial charge >= 0.3 is 0 Å². The number of halogens is 1. The van der Waals surface area contributed by atoms with Gasteiger partial charge in [0.25, 0.3) is 5.91 Å². The third-order valence-corrected chi connectivity index (χ3v) is 4.45. The van der Waals surface area contributed by atoms with Crippen LogP contribution in [-0.2, 0) is 6.61 Å². The Morgan fingerprint density at radius 2 is 1.80 bits per heavy atom. The zero-order valence-electron chi connectivity index (χ0n) is 14.5. The Morgan fingerprint density at radius 3 is 2.56 bits per heavy atom. The Morgan fingerprint density at radius 1 is 1.12 bits per heavy atom. The van der Waals surface area contributed by atoms with E-state index >= 15 is 0 Å². The van der Waals surface area contributed by atoms with Gasteiger partial charge in [-0.15, -0.1) is 12.4 Å². The Kier molecular flexibility index (Phi) is 7.29. The molecule has 1 aliphatic heterocycles. The molecule has 1 heterocycles. The van der Waals surface area contributed by atoms with E-state index in [0.717, 1.165) is 31.5 Å². The smallest absolute Gasteiger partial charge is 0.255 e. The van der Waals surface area contributed by atoms with Crippen molar-refractivity contribution in [2.45, 2.75) is 32.4 Å². The Bertz CT molecular complexity index is 700. The number of amides is 1. The van der Waals surface area contributed by atoms with Gasteiger partial charge < -0.3 is 15.4 Å². The van der Waals surface area contributed by atoms with Gasteiger partial charge in [-0.3, -0.25) is 4.79 Å². The van der Waals surface area contributed by atoms with E-state index in [1.54, 1.807) is 0 Å². The molecule has 0 spiro atoms. The summed E-state index contributed by atoms with van der Waals surface area (Å²) in [6.45, 7) is 4.44. The van der Waals surface area contributed by atoms with Crippen molar-refractivity contribution in [3.8, 4) is 5.75 Å². The molecule has 1 aliphatic rings. The van der Waals surface area contributed by atoms with Gasteiger partial charge in [-0.05, 0) is 56.1 Å². The highest BCUT2D eigenvalue weighted by molar-refractivity contribution is 5.97. The summed E-state index contributed by atoms with van der Waals surface area (Å²) in [5, 5.41) is 6.43. The van der Waals surface area contributed by atoms with Crippen LogP contribution in [0.15, 0.2) is 48.5 Å². The van der Waals surface area contributed by atoms with E-state index in [-0.39, 0.29) is 24.4 Å². The number of carbonyl (C=O) groups is 1. The number of piperidine rings is 1. The van der Waals surface area contributed by atoms with Crippen LogP contribution in [-0.4, -0.2) is 25.0 Å². The summed E-state index contributed by atoms with van der Waals surface area (Å²) in [4.78, 5) is 12.6. The molecule has 0 unspecified atom stereocenters. The number of para-hydroxylation sites is 1. The monoisotopic (exact) mass is 360 g/mol. The van der Waals surface area contributed by atoms with Crippen molar-refractivity contribution in [3.05, 3.63) is 65.2 Å². The van der Waals surface area contributed by atoms with Crippen LogP contribution in [0.3, 0.4) is 0 Å². The summed E-state index contributed by atoms with van der Waals surface area (Å²) < 4.78 is 5.94. The second-order valence-electron chi connectivity index (χ2n) is 6.21. The lowest BCUT2D eigenvalue weighted by atomic mass is 10.1. The largest absolute Gasteiger partial charge is 0.488 e. The number of nitrogens with one attached hydrogen (secondary N) is 2. The van der Waals surface area contributed by atoms with Crippen LogP contribution >= 0.6 is 12.4 Å². The van der Waals surface area contributed by atoms with Gasteiger partial charge in [0.2, 0.25) is 0 Å². The van der Waals surface area contributed by atoms with E-state index in [2.05, 4.69) is 23.6 Å². The molecule has 0 saturated carbocycles. The molecule has 1 amide bonds. The van der Waals surface area contributed by atoms with Gasteiger partial charge in [-0.2, -0.15) is 0 Å². The number of rotatable bonds is 5. The van der Waals surface area contributed by atoms with Crippen molar-refractivity contribution in [1.82, 2.24) is 10.6 Å². The maximum Gasteiger partial charge on any atom is 0.255 e. The number of benzene rings is 2. The Balaban J connectivity index is 0.00000225. The Hall–Kier alpha value is -2.04. The first kappa shape index (κ1) is 19.3. The molecule has 3 rings (SSSR count). The SMILES string of the molecule is Cc1ccccc1COc1ccccc1C(=O)NC1CCNCC1.Cl. The average molecular weight is 361 g/mol. The minimum atomic E-state index is -0.0534. The number of ether oxygens (including phenoxy) is 1. The van der Waals surface area contributed by atoms with Crippen molar-refractivity contribution in [3.63, 3.8) is 0 Å². The van der Waals surface area contributed by atoms with E-state index in [1.807, 2.05) is 42.5 Å². The average Bonchev–Trinajstić information content (AvgIpc) is 2.62. The lowest BCUT2D eigenvalue weighted by Crippen LogP contribution is -2.42. The second-order valence-corrected chi connectivity index (χ2v) is 6.21. The molecule has 0 aromatic heterocycles. The van der Waals surface area contributed by atoms with E-state index < -0.39 is 0 Å². The predicted octanol–water partition coefficient (Wildman–Crippen LogP) is 3.48. The highest BCUT2D eigenvalue weighted by Crippen LogP contribution is 2.20. The molecule has 4 nitrogen and oxygen atoms in total. The first-order valence-corrected chi connectivity index (χ1v) is 8.52. The molecule has 5 heteroatoms. The summed E-state index contributed by atoms with van der Waals surface area (Å²) in [6, 6.07) is 15.8. The summed E-state index contributed by atoms with van der Waals surface area (Å²) in [5.41, 5.74) is 2.92. The zero-order chi connectivity index (χ0) is 16.8. The maximum atomic E-state index is 12.6. The zero-order valence-corrected chi connectivity index (χ0v) is 15.3. The number of hydrogen-bond donors (Lipinski definition) is 2. The lowest BCUT2D eigenvalue weighted by Gasteiger charge is -2.24. The first-order chi connectivity index (χ1) is 11.7. The third-order valence-electron chi connectivity index (χ3n) is 4.45. The fourth-order valence-corrected chi connectivity index (χ4v) is 2.94. The minimum absolute atomic E-state index is 0. The van der Waals surface area contributed by atoms with E-state index in [0.29, 0.717) is 17.9 Å². The summed E-state index contributed by atoms with van der Waals surface area (Å²) in [7, 11) is 0. The molecule has 0 aliphatic carbocycles. The van der Waals surface area contributed by atoms with Gasteiger partial charge in [-0.25, -0.2) is 0 Å². The molecule has 1 saturated heterocycles. The van der Waals surface area contributed by atoms with Crippen LogP contribution in [0.1, 0.15) is 34.3 Å². The van der Waals surface area contributed by atoms with Crippen molar-refractivity contribution in [2.24, 2.45) is 0 Å². The lowest BCUT2D eigenvalue weighted by molar-refractivity contribution is 0.0925. The van der Waals surface area contributed by atoms with Gasteiger partial charge in [0.05, 0.1) is 5.56 Å². The van der Waals surface area contributed by atoms with Crippen LogP contribution in [0.2, 0.25) is 0 Å². The molecule has 0 radical (unpaired) electrons. The highest BCUT2D eigenvalue weighted by Gasteiger charge is 2.18. The molecular weight excluding hydrogens is 336 g/mol. The first-order valence-electron chi connectivity index (χ1n) is 8.52. The predicted molar refractivity (Wildman–Crippen MR) is 103 cm³/mol. The highest BCUT2D eigenvalue weighted by atomic mass is 35.5. The van der Waals surface area contributed by atoms with Crippen LogP contribution < -0.4 is 15.4 Å². The quantitative estimate of drug-likeness (QED) is 0.858. The van der Waals surface area contributed by atoms with Gasteiger partial charge in [0.15, 0.2) is 0 Å². The van der Waals surface area contributed by atoms with Crippen molar-refractivity contribution in [2.75, 3.05) is 13.1 Å². The second kappa shape index (κ2) is 9.44. The molecule has 2 aromatic rings. The van der Waals surface area contributed by atoms with Gasteiger partial charge in [0, 0.05) is 6.04 Å². The molecule has 1 fully saturated rings. The van der Waals surface area contributed by atoms with Crippen LogP contribution in [0.25, 0.3) is 0 Å². The van der Waals surface area contributed by atoms with E-state index in [9.17, 15) is 4.79 Å². The number of hydrogen-bond acceptors (Lipinski definition) is 3. The van der Waals surface area contributed by atoms with E-state index in [1.165, 1.54) is 5.56 Å². The van der Waals surface area contributed by atoms with Gasteiger partial charge in [-0.1, -0.05) is 36.4 Å². The number of carbonyl (C=O) groups excluding carboxylic acids is 1. The summed E-state index contributed by atoms with van der Waals surface area (Å²) in [6.07, 6.45) is 1.94. The molecule has 2 aromatic carbocycles. The van der Waals surface area contributed by atoms with Crippen LogP contribution in [0.4, 0.5) is 0 Å². The summed E-state index contributed by atoms with van der Waals surface area (Å²) >= 11 is 0. The molecular formula is C20H25ClN2O2. The minimum Gasteiger partial charge on any atom is -0.488 e.